The fraction of sp³-hybridized carbons (Fsp3) is 0.519. The van der Waals surface area contributed by atoms with Crippen LogP contribution in [0.3, 0.4) is 0 Å². The lowest BCUT2D eigenvalue weighted by atomic mass is 9.73. The number of anilines is 1. The van der Waals surface area contributed by atoms with Crippen molar-refractivity contribution in [3.05, 3.63) is 59.1 Å². The van der Waals surface area contributed by atoms with Gasteiger partial charge in [0.15, 0.2) is 0 Å². The fourth-order valence-corrected chi connectivity index (χ4v) is 5.11. The van der Waals surface area contributed by atoms with Crippen LogP contribution in [-0.4, -0.2) is 50.3 Å². The molecule has 0 saturated carbocycles. The SMILES string of the molecule is C[C@@H]1CCCN(CCCOc2ccc(NC(=O)C3(c4ccc(Cl)cc4)CCOCC3)cc2)C1. The summed E-state index contributed by atoms with van der Waals surface area (Å²) in [4.78, 5) is 16.0. The molecule has 2 aromatic carbocycles. The number of amides is 1. The van der Waals surface area contributed by atoms with Crippen LogP contribution in [0.2, 0.25) is 5.02 Å². The van der Waals surface area contributed by atoms with Gasteiger partial charge in [-0.25, -0.2) is 0 Å². The van der Waals surface area contributed by atoms with E-state index in [0.717, 1.165) is 35.9 Å². The van der Waals surface area contributed by atoms with E-state index >= 15 is 0 Å². The summed E-state index contributed by atoms with van der Waals surface area (Å²) in [5.41, 5.74) is 1.15. The molecule has 2 aromatic rings. The summed E-state index contributed by atoms with van der Waals surface area (Å²) < 4.78 is 11.5. The number of benzene rings is 2. The van der Waals surface area contributed by atoms with Crippen molar-refractivity contribution >= 4 is 23.2 Å². The second-order valence-corrected chi connectivity index (χ2v) is 9.87. The van der Waals surface area contributed by atoms with E-state index in [4.69, 9.17) is 21.1 Å². The molecule has 2 heterocycles. The number of carbonyl (C=O) groups is 1. The smallest absolute Gasteiger partial charge is 0.235 e. The van der Waals surface area contributed by atoms with Gasteiger partial charge >= 0.3 is 0 Å². The van der Waals surface area contributed by atoms with Gasteiger partial charge in [0.1, 0.15) is 5.75 Å². The van der Waals surface area contributed by atoms with Crippen LogP contribution in [0.25, 0.3) is 0 Å². The molecule has 2 aliphatic rings. The molecule has 1 amide bonds. The van der Waals surface area contributed by atoms with Gasteiger partial charge < -0.3 is 19.7 Å². The van der Waals surface area contributed by atoms with Crippen molar-refractivity contribution in [1.29, 1.82) is 0 Å². The second-order valence-electron chi connectivity index (χ2n) is 9.43. The van der Waals surface area contributed by atoms with Crippen LogP contribution in [0.15, 0.2) is 48.5 Å². The van der Waals surface area contributed by atoms with Crippen molar-refractivity contribution in [1.82, 2.24) is 4.90 Å². The maximum atomic E-state index is 13.4. The number of halogens is 1. The number of nitrogens with one attached hydrogen (secondary N) is 1. The zero-order chi connectivity index (χ0) is 23.1. The monoisotopic (exact) mass is 470 g/mol. The normalized spacial score (nSPS) is 20.8. The Morgan fingerprint density at radius 1 is 1.15 bits per heavy atom. The van der Waals surface area contributed by atoms with Gasteiger partial charge in [-0.2, -0.15) is 0 Å². The van der Waals surface area contributed by atoms with Crippen LogP contribution in [0, 0.1) is 5.92 Å². The first-order valence-corrected chi connectivity index (χ1v) is 12.5. The molecule has 1 atom stereocenters. The lowest BCUT2D eigenvalue weighted by Crippen LogP contribution is -2.44. The molecule has 2 saturated heterocycles. The first-order valence-electron chi connectivity index (χ1n) is 12.2. The lowest BCUT2D eigenvalue weighted by Gasteiger charge is -2.36. The first kappa shape index (κ1) is 24.1. The average Bonchev–Trinajstić information content (AvgIpc) is 2.84. The van der Waals surface area contributed by atoms with Crippen LogP contribution in [0.1, 0.15) is 44.6 Å². The molecule has 0 aromatic heterocycles. The Hall–Kier alpha value is -2.08. The number of ether oxygens (including phenoxy) is 2. The third-order valence-corrected chi connectivity index (χ3v) is 7.17. The molecule has 4 rings (SSSR count). The van der Waals surface area contributed by atoms with Crippen molar-refractivity contribution in [3.8, 4) is 5.75 Å². The molecule has 0 spiro atoms. The minimum Gasteiger partial charge on any atom is -0.494 e. The summed E-state index contributed by atoms with van der Waals surface area (Å²) in [6.07, 6.45) is 4.98. The number of hydrogen-bond donors (Lipinski definition) is 1. The Labute approximate surface area is 202 Å². The summed E-state index contributed by atoms with van der Waals surface area (Å²) in [6, 6.07) is 15.3. The van der Waals surface area contributed by atoms with Crippen LogP contribution in [0.4, 0.5) is 5.69 Å². The average molecular weight is 471 g/mol. The van der Waals surface area contributed by atoms with Crippen LogP contribution in [0.5, 0.6) is 5.75 Å². The van der Waals surface area contributed by atoms with Gasteiger partial charge in [0.25, 0.3) is 0 Å². The first-order chi connectivity index (χ1) is 16.0. The third-order valence-electron chi connectivity index (χ3n) is 6.92. The Balaban J connectivity index is 1.31. The molecule has 2 fully saturated rings. The highest BCUT2D eigenvalue weighted by molar-refractivity contribution is 6.30. The quantitative estimate of drug-likeness (QED) is 0.515. The third kappa shape index (κ3) is 6.28. The Kier molecular flexibility index (Phi) is 8.29. The molecule has 0 aliphatic carbocycles. The zero-order valence-electron chi connectivity index (χ0n) is 19.5. The Morgan fingerprint density at radius 3 is 2.58 bits per heavy atom. The molecule has 0 bridgehead atoms. The van der Waals surface area contributed by atoms with Gasteiger partial charge in [0, 0.05) is 37.0 Å². The molecular formula is C27H35ClN2O3. The molecular weight excluding hydrogens is 436 g/mol. The van der Waals surface area contributed by atoms with Crippen molar-refractivity contribution < 1.29 is 14.3 Å². The largest absolute Gasteiger partial charge is 0.494 e. The number of piperidine rings is 1. The van der Waals surface area contributed by atoms with Crippen LogP contribution in [-0.2, 0) is 14.9 Å². The van der Waals surface area contributed by atoms with E-state index in [2.05, 4.69) is 17.1 Å². The predicted octanol–water partition coefficient (Wildman–Crippen LogP) is 5.53. The van der Waals surface area contributed by atoms with Gasteiger partial charge in [0.05, 0.1) is 12.0 Å². The summed E-state index contributed by atoms with van der Waals surface area (Å²) in [5.74, 6) is 1.64. The summed E-state index contributed by atoms with van der Waals surface area (Å²) in [7, 11) is 0. The van der Waals surface area contributed by atoms with Crippen LogP contribution >= 0.6 is 11.6 Å². The summed E-state index contributed by atoms with van der Waals surface area (Å²) in [5, 5.41) is 3.79. The summed E-state index contributed by atoms with van der Waals surface area (Å²) >= 11 is 6.07. The van der Waals surface area contributed by atoms with Gasteiger partial charge in [-0.3, -0.25) is 4.79 Å². The van der Waals surface area contributed by atoms with E-state index in [0.29, 0.717) is 37.7 Å². The fourth-order valence-electron chi connectivity index (χ4n) is 4.99. The van der Waals surface area contributed by atoms with Crippen molar-refractivity contribution in [3.63, 3.8) is 0 Å². The maximum absolute atomic E-state index is 13.4. The van der Waals surface area contributed by atoms with Crippen molar-refractivity contribution in [2.45, 2.75) is 44.4 Å². The zero-order valence-corrected chi connectivity index (χ0v) is 20.3. The van der Waals surface area contributed by atoms with E-state index in [-0.39, 0.29) is 5.91 Å². The second kappa shape index (κ2) is 11.4. The molecule has 0 unspecified atom stereocenters. The molecule has 1 N–H and O–H groups in total. The highest BCUT2D eigenvalue weighted by Crippen LogP contribution is 2.37. The van der Waals surface area contributed by atoms with E-state index in [1.54, 1.807) is 0 Å². The molecule has 178 valence electrons. The van der Waals surface area contributed by atoms with Crippen molar-refractivity contribution in [2.24, 2.45) is 5.92 Å². The lowest BCUT2D eigenvalue weighted by molar-refractivity contribution is -0.125. The Morgan fingerprint density at radius 2 is 1.88 bits per heavy atom. The van der Waals surface area contributed by atoms with Crippen LogP contribution < -0.4 is 10.1 Å². The van der Waals surface area contributed by atoms with E-state index < -0.39 is 5.41 Å². The number of likely N-dealkylation sites (tertiary alicyclic amines) is 1. The van der Waals surface area contributed by atoms with Gasteiger partial charge in [0.2, 0.25) is 5.91 Å². The van der Waals surface area contributed by atoms with Gasteiger partial charge in [-0.05, 0) is 86.5 Å². The topological polar surface area (TPSA) is 50.8 Å². The minimum absolute atomic E-state index is 0.00227. The molecule has 5 nitrogen and oxygen atoms in total. The highest BCUT2D eigenvalue weighted by Gasteiger charge is 2.41. The molecule has 6 heteroatoms. The number of nitrogens with zero attached hydrogens (tertiary/aromatic N) is 1. The molecule has 2 aliphatic heterocycles. The molecule has 0 radical (unpaired) electrons. The van der Waals surface area contributed by atoms with E-state index in [1.807, 2.05) is 48.5 Å². The predicted molar refractivity (Wildman–Crippen MR) is 133 cm³/mol. The minimum atomic E-state index is -0.607. The number of hydrogen-bond acceptors (Lipinski definition) is 4. The standard InChI is InChI=1S/C27H35ClN2O3/c1-21-4-2-15-30(20-21)16-3-17-33-25-11-9-24(10-12-25)29-26(31)27(13-18-32-19-14-27)22-5-7-23(28)8-6-22/h5-12,21H,2-4,13-20H2,1H3,(H,29,31)/t21-/m1/s1. The van der Waals surface area contributed by atoms with Crippen molar-refractivity contribution in [2.75, 3.05) is 44.8 Å². The number of rotatable bonds is 8. The van der Waals surface area contributed by atoms with Gasteiger partial charge in [-0.15, -0.1) is 0 Å². The Bertz CT molecular complexity index is 895. The maximum Gasteiger partial charge on any atom is 0.235 e. The van der Waals surface area contributed by atoms with Gasteiger partial charge in [-0.1, -0.05) is 30.7 Å². The van der Waals surface area contributed by atoms with E-state index in [9.17, 15) is 4.79 Å². The summed E-state index contributed by atoms with van der Waals surface area (Å²) in [6.45, 7) is 7.69. The molecule has 33 heavy (non-hydrogen) atoms. The highest BCUT2D eigenvalue weighted by atomic mass is 35.5. The van der Waals surface area contributed by atoms with E-state index in [1.165, 1.54) is 25.9 Å². The number of carbonyl (C=O) groups excluding carboxylic acids is 1.